The van der Waals surface area contributed by atoms with Crippen LogP contribution in [0.25, 0.3) is 0 Å². The highest BCUT2D eigenvalue weighted by atomic mass is 127. The number of esters is 1. The van der Waals surface area contributed by atoms with Crippen LogP contribution >= 0.6 is 24.0 Å². The van der Waals surface area contributed by atoms with Crippen LogP contribution in [-0.2, 0) is 21.5 Å². The topological polar surface area (TPSA) is 88.8 Å². The molecule has 0 bridgehead atoms. The highest BCUT2D eigenvalue weighted by molar-refractivity contribution is 14.0. The van der Waals surface area contributed by atoms with Crippen molar-refractivity contribution in [3.05, 3.63) is 17.8 Å². The van der Waals surface area contributed by atoms with Gasteiger partial charge in [0, 0.05) is 25.4 Å². The summed E-state index contributed by atoms with van der Waals surface area (Å²) >= 11 is 0. The summed E-state index contributed by atoms with van der Waals surface area (Å²) in [6.07, 6.45) is 3.85. The second kappa shape index (κ2) is 11.3. The SMILES string of the molecule is CN=C(NCCCCC(=O)OC)NCc1ncc(C(C)(C)C)o1.I. The molecule has 0 saturated heterocycles. The minimum Gasteiger partial charge on any atom is -0.469 e. The number of hydrogen-bond acceptors (Lipinski definition) is 5. The molecule has 0 aliphatic carbocycles. The Labute approximate surface area is 161 Å². The molecule has 1 aromatic heterocycles. The van der Waals surface area contributed by atoms with Crippen LogP contribution in [0.15, 0.2) is 15.6 Å². The fourth-order valence-electron chi connectivity index (χ4n) is 1.82. The Hall–Kier alpha value is -1.32. The monoisotopic (exact) mass is 452 g/mol. The minimum absolute atomic E-state index is 0. The van der Waals surface area contributed by atoms with Crippen molar-refractivity contribution < 1.29 is 13.9 Å². The van der Waals surface area contributed by atoms with Crippen molar-refractivity contribution in [3.63, 3.8) is 0 Å². The zero-order valence-electron chi connectivity index (χ0n) is 15.1. The van der Waals surface area contributed by atoms with Crippen LogP contribution in [0.2, 0.25) is 0 Å². The number of rotatable bonds is 7. The van der Waals surface area contributed by atoms with Gasteiger partial charge in [-0.3, -0.25) is 9.79 Å². The van der Waals surface area contributed by atoms with Crippen molar-refractivity contribution in [2.24, 2.45) is 4.99 Å². The number of ether oxygens (including phenoxy) is 1. The van der Waals surface area contributed by atoms with Crippen molar-refractivity contribution in [3.8, 4) is 0 Å². The molecular formula is C16H29IN4O3. The molecule has 0 unspecified atom stereocenters. The van der Waals surface area contributed by atoms with Crippen molar-refractivity contribution in [2.45, 2.75) is 52.0 Å². The maximum Gasteiger partial charge on any atom is 0.305 e. The summed E-state index contributed by atoms with van der Waals surface area (Å²) in [6.45, 7) is 7.45. The lowest BCUT2D eigenvalue weighted by Gasteiger charge is -2.13. The third-order valence-corrected chi connectivity index (χ3v) is 3.25. The predicted molar refractivity (Wildman–Crippen MR) is 105 cm³/mol. The average Bonchev–Trinajstić information content (AvgIpc) is 2.98. The van der Waals surface area contributed by atoms with E-state index in [1.54, 1.807) is 13.2 Å². The molecule has 0 aromatic carbocycles. The molecular weight excluding hydrogens is 423 g/mol. The van der Waals surface area contributed by atoms with Crippen LogP contribution in [-0.4, -0.2) is 37.6 Å². The van der Waals surface area contributed by atoms with Gasteiger partial charge < -0.3 is 19.8 Å². The molecule has 0 amide bonds. The smallest absolute Gasteiger partial charge is 0.305 e. The van der Waals surface area contributed by atoms with Crippen molar-refractivity contribution >= 4 is 35.9 Å². The number of hydrogen-bond donors (Lipinski definition) is 2. The van der Waals surface area contributed by atoms with Crippen molar-refractivity contribution in [1.29, 1.82) is 0 Å². The quantitative estimate of drug-likeness (QED) is 0.217. The van der Waals surface area contributed by atoms with Crippen LogP contribution in [0, 0.1) is 0 Å². The second-order valence-corrected chi connectivity index (χ2v) is 6.25. The number of aromatic nitrogens is 1. The Morgan fingerprint density at radius 1 is 1.33 bits per heavy atom. The molecule has 8 heteroatoms. The van der Waals surface area contributed by atoms with E-state index in [4.69, 9.17) is 4.42 Å². The molecule has 0 radical (unpaired) electrons. The van der Waals surface area contributed by atoms with E-state index in [2.05, 4.69) is 46.1 Å². The highest BCUT2D eigenvalue weighted by Crippen LogP contribution is 2.22. The second-order valence-electron chi connectivity index (χ2n) is 6.25. The molecule has 7 nitrogen and oxygen atoms in total. The summed E-state index contributed by atoms with van der Waals surface area (Å²) < 4.78 is 10.3. The number of unbranched alkanes of at least 4 members (excludes halogenated alkanes) is 1. The van der Waals surface area contributed by atoms with Gasteiger partial charge in [0.25, 0.3) is 0 Å². The Morgan fingerprint density at radius 3 is 2.58 bits per heavy atom. The Morgan fingerprint density at radius 2 is 2.04 bits per heavy atom. The first-order valence-electron chi connectivity index (χ1n) is 7.83. The van der Waals surface area contributed by atoms with Crippen LogP contribution in [0.3, 0.4) is 0 Å². The number of oxazole rings is 1. The van der Waals surface area contributed by atoms with Crippen LogP contribution < -0.4 is 10.6 Å². The summed E-state index contributed by atoms with van der Waals surface area (Å²) in [6, 6.07) is 0. The number of guanidine groups is 1. The van der Waals surface area contributed by atoms with Gasteiger partial charge in [0.2, 0.25) is 5.89 Å². The molecule has 24 heavy (non-hydrogen) atoms. The first-order valence-corrected chi connectivity index (χ1v) is 7.83. The van der Waals surface area contributed by atoms with Gasteiger partial charge in [0.1, 0.15) is 5.76 Å². The lowest BCUT2D eigenvalue weighted by atomic mass is 9.94. The molecule has 0 saturated carbocycles. The van der Waals surface area contributed by atoms with E-state index < -0.39 is 0 Å². The number of halogens is 1. The lowest BCUT2D eigenvalue weighted by Crippen LogP contribution is -2.37. The van der Waals surface area contributed by atoms with Gasteiger partial charge in [-0.1, -0.05) is 20.8 Å². The van der Waals surface area contributed by atoms with E-state index in [1.807, 2.05) is 0 Å². The number of aliphatic imine (C=N–C) groups is 1. The van der Waals surface area contributed by atoms with E-state index in [-0.39, 0.29) is 35.4 Å². The van der Waals surface area contributed by atoms with E-state index in [0.29, 0.717) is 24.8 Å². The van der Waals surface area contributed by atoms with Crippen LogP contribution in [0.1, 0.15) is 51.7 Å². The van der Waals surface area contributed by atoms with E-state index in [1.165, 1.54) is 7.11 Å². The molecule has 2 N–H and O–H groups in total. The fraction of sp³-hybridized carbons (Fsp3) is 0.688. The zero-order chi connectivity index (χ0) is 17.3. The summed E-state index contributed by atoms with van der Waals surface area (Å²) in [4.78, 5) is 19.4. The summed E-state index contributed by atoms with van der Waals surface area (Å²) in [5.41, 5.74) is -0.0508. The van der Waals surface area contributed by atoms with E-state index in [9.17, 15) is 4.79 Å². The summed E-state index contributed by atoms with van der Waals surface area (Å²) in [5.74, 6) is 1.99. The van der Waals surface area contributed by atoms with Gasteiger partial charge in [-0.25, -0.2) is 4.98 Å². The third-order valence-electron chi connectivity index (χ3n) is 3.25. The van der Waals surface area contributed by atoms with Gasteiger partial charge in [-0.05, 0) is 12.8 Å². The molecule has 0 atom stereocenters. The third kappa shape index (κ3) is 8.51. The fourth-order valence-corrected chi connectivity index (χ4v) is 1.82. The minimum atomic E-state index is -0.175. The van der Waals surface area contributed by atoms with E-state index in [0.717, 1.165) is 25.1 Å². The first-order chi connectivity index (χ1) is 10.9. The number of nitrogens with one attached hydrogen (secondary N) is 2. The highest BCUT2D eigenvalue weighted by Gasteiger charge is 2.19. The average molecular weight is 452 g/mol. The maximum atomic E-state index is 11.0. The van der Waals surface area contributed by atoms with Crippen molar-refractivity contribution in [2.75, 3.05) is 20.7 Å². The Bertz CT molecular complexity index is 524. The molecule has 0 aliphatic rings. The molecule has 0 spiro atoms. The number of methoxy groups -OCH3 is 1. The lowest BCUT2D eigenvalue weighted by molar-refractivity contribution is -0.140. The standard InChI is InChI=1S/C16H28N4O3.HI/c1-16(2,3)12-10-19-13(23-12)11-20-15(17-4)18-9-7-6-8-14(21)22-5;/h10H,6-9,11H2,1-5H3,(H2,17,18,20);1H. The molecule has 1 rings (SSSR count). The number of carbonyl (C=O) groups excluding carboxylic acids is 1. The molecule has 1 heterocycles. The molecule has 138 valence electrons. The van der Waals surface area contributed by atoms with Gasteiger partial charge >= 0.3 is 5.97 Å². The zero-order valence-corrected chi connectivity index (χ0v) is 17.5. The molecule has 1 aromatic rings. The van der Waals surface area contributed by atoms with Crippen molar-refractivity contribution in [1.82, 2.24) is 15.6 Å². The number of carbonyl (C=O) groups is 1. The molecule has 0 fully saturated rings. The summed E-state index contributed by atoms with van der Waals surface area (Å²) in [7, 11) is 3.11. The van der Waals surface area contributed by atoms with Gasteiger partial charge in [-0.2, -0.15) is 0 Å². The van der Waals surface area contributed by atoms with Crippen LogP contribution in [0.4, 0.5) is 0 Å². The largest absolute Gasteiger partial charge is 0.469 e. The summed E-state index contributed by atoms with van der Waals surface area (Å²) in [5, 5.41) is 6.34. The first kappa shape index (κ1) is 22.7. The van der Waals surface area contributed by atoms with E-state index >= 15 is 0 Å². The van der Waals surface area contributed by atoms with Crippen LogP contribution in [0.5, 0.6) is 0 Å². The normalized spacial score (nSPS) is 11.6. The molecule has 0 aliphatic heterocycles. The van der Waals surface area contributed by atoms with Gasteiger partial charge in [0.05, 0.1) is 19.9 Å². The Kier molecular flexibility index (Phi) is 10.7. The number of nitrogens with zero attached hydrogens (tertiary/aromatic N) is 2. The predicted octanol–water partition coefficient (Wildman–Crippen LogP) is 2.60. The van der Waals surface area contributed by atoms with Gasteiger partial charge in [-0.15, -0.1) is 24.0 Å². The maximum absolute atomic E-state index is 11.0. The van der Waals surface area contributed by atoms with Gasteiger partial charge in [0.15, 0.2) is 5.96 Å². The Balaban J connectivity index is 0.00000529.